The Hall–Kier alpha value is -2.78. The Morgan fingerprint density at radius 2 is 2.00 bits per heavy atom. The van der Waals surface area contributed by atoms with Crippen LogP contribution in [0.2, 0.25) is 5.02 Å². The summed E-state index contributed by atoms with van der Waals surface area (Å²) < 4.78 is 10.4. The third-order valence-corrected chi connectivity index (χ3v) is 4.10. The fourth-order valence-corrected chi connectivity index (χ4v) is 2.74. The van der Waals surface area contributed by atoms with Crippen molar-refractivity contribution in [2.24, 2.45) is 0 Å². The highest BCUT2D eigenvalue weighted by Crippen LogP contribution is 2.27. The quantitative estimate of drug-likeness (QED) is 0.649. The van der Waals surface area contributed by atoms with E-state index in [-0.39, 0.29) is 16.5 Å². The molecule has 1 atom stereocenters. The molecule has 1 aromatic carbocycles. The molecule has 130 valence electrons. The first-order chi connectivity index (χ1) is 11.8. The lowest BCUT2D eigenvalue weighted by Gasteiger charge is -2.14. The van der Waals surface area contributed by atoms with E-state index in [0.29, 0.717) is 28.1 Å². The first-order valence-electron chi connectivity index (χ1n) is 7.48. The number of nitriles is 1. The van der Waals surface area contributed by atoms with Crippen molar-refractivity contribution >= 4 is 23.4 Å². The number of rotatable bonds is 5. The predicted octanol–water partition coefficient (Wildman–Crippen LogP) is 3.59. The van der Waals surface area contributed by atoms with Crippen LogP contribution >= 0.6 is 11.6 Å². The molecule has 0 aliphatic carbocycles. The lowest BCUT2D eigenvalue weighted by molar-refractivity contribution is 0.0599. The van der Waals surface area contributed by atoms with Crippen LogP contribution in [0.1, 0.15) is 44.6 Å². The van der Waals surface area contributed by atoms with E-state index in [1.54, 1.807) is 26.8 Å². The average Bonchev–Trinajstić information content (AvgIpc) is 2.89. The van der Waals surface area contributed by atoms with Crippen LogP contribution in [0, 0.1) is 25.2 Å². The maximum absolute atomic E-state index is 12.7. The highest BCUT2D eigenvalue weighted by Gasteiger charge is 2.26. The molecule has 0 unspecified atom stereocenters. The number of aryl methyl sites for hydroxylation is 1. The van der Waals surface area contributed by atoms with Gasteiger partial charge in [0.1, 0.15) is 5.75 Å². The molecule has 0 spiro atoms. The number of benzene rings is 1. The summed E-state index contributed by atoms with van der Waals surface area (Å²) in [6.07, 6.45) is -0.840. The number of nitrogens with zero attached hydrogens (tertiary/aromatic N) is 1. The maximum atomic E-state index is 12.7. The molecule has 0 radical (unpaired) electrons. The van der Waals surface area contributed by atoms with Gasteiger partial charge in [0.2, 0.25) is 5.78 Å². The molecule has 2 aromatic rings. The van der Waals surface area contributed by atoms with Crippen molar-refractivity contribution in [3.05, 3.63) is 51.3 Å². The van der Waals surface area contributed by atoms with Crippen LogP contribution in [0.3, 0.4) is 0 Å². The number of hydrogen-bond donors (Lipinski definition) is 1. The Bertz CT molecular complexity index is 880. The molecule has 0 aliphatic heterocycles. The normalized spacial score (nSPS) is 11.5. The second-order valence-corrected chi connectivity index (χ2v) is 5.91. The molecule has 0 bridgehead atoms. The molecule has 6 nitrogen and oxygen atoms in total. The van der Waals surface area contributed by atoms with Crippen LogP contribution in [-0.2, 0) is 4.74 Å². The minimum Gasteiger partial charge on any atom is -0.481 e. The number of esters is 1. The van der Waals surface area contributed by atoms with E-state index in [4.69, 9.17) is 26.3 Å². The van der Waals surface area contributed by atoms with Crippen LogP contribution in [0.15, 0.2) is 18.2 Å². The summed E-state index contributed by atoms with van der Waals surface area (Å²) in [7, 11) is 1.29. The number of nitrogens with one attached hydrogen (secondary N) is 1. The Morgan fingerprint density at radius 1 is 1.32 bits per heavy atom. The summed E-state index contributed by atoms with van der Waals surface area (Å²) in [6, 6.07) is 6.53. The lowest BCUT2D eigenvalue weighted by atomic mass is 10.1. The Kier molecular flexibility index (Phi) is 5.50. The number of ketones is 1. The maximum Gasteiger partial charge on any atom is 0.339 e. The van der Waals surface area contributed by atoms with Gasteiger partial charge in [0.05, 0.1) is 35.0 Å². The average molecular weight is 361 g/mol. The Morgan fingerprint density at radius 3 is 2.56 bits per heavy atom. The molecule has 0 saturated heterocycles. The lowest BCUT2D eigenvalue weighted by Crippen LogP contribution is -2.25. The van der Waals surface area contributed by atoms with Gasteiger partial charge in [-0.2, -0.15) is 5.26 Å². The Balaban J connectivity index is 2.27. The fourth-order valence-electron chi connectivity index (χ4n) is 2.52. The van der Waals surface area contributed by atoms with Crippen molar-refractivity contribution in [2.45, 2.75) is 26.9 Å². The van der Waals surface area contributed by atoms with Crippen molar-refractivity contribution in [2.75, 3.05) is 7.11 Å². The Labute approximate surface area is 150 Å². The molecule has 7 heteroatoms. The van der Waals surface area contributed by atoms with Gasteiger partial charge in [-0.15, -0.1) is 0 Å². The first kappa shape index (κ1) is 18.6. The van der Waals surface area contributed by atoms with Gasteiger partial charge in [-0.1, -0.05) is 11.6 Å². The number of halogens is 1. The molecular formula is C18H17ClN2O4. The van der Waals surface area contributed by atoms with Gasteiger partial charge in [-0.25, -0.2) is 4.79 Å². The number of hydrogen-bond acceptors (Lipinski definition) is 5. The molecule has 25 heavy (non-hydrogen) atoms. The molecule has 0 amide bonds. The van der Waals surface area contributed by atoms with E-state index < -0.39 is 12.1 Å². The number of methoxy groups -OCH3 is 1. The predicted molar refractivity (Wildman–Crippen MR) is 92.2 cm³/mol. The second-order valence-electron chi connectivity index (χ2n) is 5.50. The number of aromatic nitrogens is 1. The van der Waals surface area contributed by atoms with Crippen LogP contribution in [-0.4, -0.2) is 30.0 Å². The van der Waals surface area contributed by atoms with Crippen LogP contribution < -0.4 is 4.74 Å². The van der Waals surface area contributed by atoms with Gasteiger partial charge in [0.15, 0.2) is 6.10 Å². The van der Waals surface area contributed by atoms with Crippen molar-refractivity contribution in [1.29, 1.82) is 5.26 Å². The van der Waals surface area contributed by atoms with Crippen LogP contribution in [0.5, 0.6) is 5.75 Å². The third-order valence-electron chi connectivity index (χ3n) is 3.81. The number of carbonyl (C=O) groups excluding carboxylic acids is 2. The molecule has 1 N–H and O–H groups in total. The van der Waals surface area contributed by atoms with Gasteiger partial charge >= 0.3 is 5.97 Å². The van der Waals surface area contributed by atoms with E-state index in [0.717, 1.165) is 0 Å². The van der Waals surface area contributed by atoms with Gasteiger partial charge in [-0.3, -0.25) is 4.79 Å². The zero-order chi connectivity index (χ0) is 18.7. The summed E-state index contributed by atoms with van der Waals surface area (Å²) in [6.45, 7) is 4.95. The summed E-state index contributed by atoms with van der Waals surface area (Å²) >= 11 is 6.07. The van der Waals surface area contributed by atoms with E-state index in [1.807, 2.05) is 6.07 Å². The molecule has 1 aromatic heterocycles. The number of ether oxygens (including phenoxy) is 2. The number of aromatic amines is 1. The van der Waals surface area contributed by atoms with Crippen molar-refractivity contribution in [3.63, 3.8) is 0 Å². The summed E-state index contributed by atoms with van der Waals surface area (Å²) in [5.74, 6) is -0.527. The molecule has 2 rings (SSSR count). The number of H-pyrrole nitrogens is 1. The van der Waals surface area contributed by atoms with Crippen LogP contribution in [0.25, 0.3) is 0 Å². The van der Waals surface area contributed by atoms with Crippen LogP contribution in [0.4, 0.5) is 0 Å². The smallest absolute Gasteiger partial charge is 0.339 e. The zero-order valence-electron chi connectivity index (χ0n) is 14.3. The third kappa shape index (κ3) is 3.67. The van der Waals surface area contributed by atoms with Gasteiger partial charge in [0.25, 0.3) is 0 Å². The molecule has 0 fully saturated rings. The molecule has 0 saturated carbocycles. The van der Waals surface area contributed by atoms with E-state index in [9.17, 15) is 9.59 Å². The monoisotopic (exact) mass is 360 g/mol. The molecule has 1 heterocycles. The highest BCUT2D eigenvalue weighted by molar-refractivity contribution is 6.32. The van der Waals surface area contributed by atoms with Gasteiger partial charge in [0, 0.05) is 5.69 Å². The van der Waals surface area contributed by atoms with Gasteiger partial charge < -0.3 is 14.5 Å². The second kappa shape index (κ2) is 7.41. The van der Waals surface area contributed by atoms with Crippen molar-refractivity contribution in [1.82, 2.24) is 4.98 Å². The van der Waals surface area contributed by atoms with E-state index in [2.05, 4.69) is 4.98 Å². The fraction of sp³-hybridized carbons (Fsp3) is 0.278. The minimum atomic E-state index is -0.840. The highest BCUT2D eigenvalue weighted by atomic mass is 35.5. The topological polar surface area (TPSA) is 92.2 Å². The first-order valence-corrected chi connectivity index (χ1v) is 7.86. The summed E-state index contributed by atoms with van der Waals surface area (Å²) in [4.78, 5) is 27.4. The van der Waals surface area contributed by atoms with Gasteiger partial charge in [-0.05, 0) is 44.5 Å². The number of carbonyl (C=O) groups is 2. The van der Waals surface area contributed by atoms with Crippen molar-refractivity contribution < 1.29 is 19.1 Å². The van der Waals surface area contributed by atoms with Crippen molar-refractivity contribution in [3.8, 4) is 11.8 Å². The molecular weight excluding hydrogens is 344 g/mol. The number of Topliss-reactive ketones (excluding diaryl/α,β-unsaturated/α-hetero) is 1. The summed E-state index contributed by atoms with van der Waals surface area (Å²) in [5.41, 5.74) is 2.09. The van der Waals surface area contributed by atoms with E-state index in [1.165, 1.54) is 19.2 Å². The minimum absolute atomic E-state index is 0.244. The molecule has 0 aliphatic rings. The SMILES string of the molecule is COC(=O)c1c(C)[nH]c(C(=O)[C@@H](C)Oc2ccc(C#N)cc2Cl)c1C. The van der Waals surface area contributed by atoms with E-state index >= 15 is 0 Å². The summed E-state index contributed by atoms with van der Waals surface area (Å²) in [5, 5.41) is 9.09. The largest absolute Gasteiger partial charge is 0.481 e. The standard InChI is InChI=1S/C18H17ClN2O4/c1-9-15(18(23)24-4)10(2)21-16(9)17(22)11(3)25-14-6-5-12(8-20)7-13(14)19/h5-7,11,21H,1-4H3/t11-/m1/s1. The zero-order valence-corrected chi connectivity index (χ0v) is 15.0.